The molecule has 0 amide bonds. The van der Waals surface area contributed by atoms with Crippen LogP contribution in [0, 0.1) is 0 Å². The maximum absolute atomic E-state index is 6.24. The molecule has 2 aromatic carbocycles. The number of hydrogen-bond acceptors (Lipinski definition) is 2. The summed E-state index contributed by atoms with van der Waals surface area (Å²) in [6.45, 7) is 6.78. The van der Waals surface area contributed by atoms with Gasteiger partial charge in [0.2, 0.25) is 0 Å². The molecule has 0 saturated carbocycles. The number of aryl methyl sites for hydroxylation is 1. The Morgan fingerprint density at radius 2 is 1.86 bits per heavy atom. The van der Waals surface area contributed by atoms with Crippen molar-refractivity contribution in [2.24, 2.45) is 0 Å². The van der Waals surface area contributed by atoms with Crippen molar-refractivity contribution in [3.8, 4) is 5.75 Å². The molecule has 0 saturated heterocycles. The van der Waals surface area contributed by atoms with Gasteiger partial charge in [0.25, 0.3) is 0 Å². The summed E-state index contributed by atoms with van der Waals surface area (Å²) < 4.78 is 5.47. The zero-order valence-corrected chi connectivity index (χ0v) is 14.0. The summed E-state index contributed by atoms with van der Waals surface area (Å²) in [5, 5.41) is 4.44. The second-order valence-electron chi connectivity index (χ2n) is 4.85. The highest BCUT2D eigenvalue weighted by atomic mass is 35.5. The third-order valence-corrected chi connectivity index (χ3v) is 3.85. The van der Waals surface area contributed by atoms with Gasteiger partial charge in [-0.2, -0.15) is 0 Å². The predicted molar refractivity (Wildman–Crippen MR) is 95.3 cm³/mol. The molecule has 0 spiro atoms. The van der Waals surface area contributed by atoms with Crippen LogP contribution >= 0.6 is 23.2 Å². The van der Waals surface area contributed by atoms with E-state index in [9.17, 15) is 0 Å². The summed E-state index contributed by atoms with van der Waals surface area (Å²) in [5.74, 6) is 0.501. The Kier molecular flexibility index (Phi) is 6.17. The van der Waals surface area contributed by atoms with E-state index in [0.29, 0.717) is 28.9 Å². The van der Waals surface area contributed by atoms with Crippen LogP contribution in [0.15, 0.2) is 49.1 Å². The standard InChI is InChI=1S/C18H19Cl2NO/c1-3-9-22-18-15(19)10-13(11-16(18)20)12-21-17-8-6-5-7-14(17)4-2/h3,5-8,10-11,21H,1,4,9,12H2,2H3. The first-order valence-electron chi connectivity index (χ1n) is 7.19. The van der Waals surface area contributed by atoms with Crippen molar-refractivity contribution in [1.29, 1.82) is 0 Å². The molecule has 0 aliphatic rings. The molecule has 0 atom stereocenters. The van der Waals surface area contributed by atoms with E-state index in [4.69, 9.17) is 27.9 Å². The lowest BCUT2D eigenvalue weighted by Gasteiger charge is -2.13. The minimum Gasteiger partial charge on any atom is -0.486 e. The van der Waals surface area contributed by atoms with Crippen molar-refractivity contribution in [3.63, 3.8) is 0 Å². The van der Waals surface area contributed by atoms with E-state index in [1.807, 2.05) is 24.3 Å². The molecule has 0 aliphatic carbocycles. The molecule has 0 aromatic heterocycles. The van der Waals surface area contributed by atoms with Crippen LogP contribution in [0.3, 0.4) is 0 Å². The number of nitrogens with one attached hydrogen (secondary N) is 1. The van der Waals surface area contributed by atoms with E-state index in [-0.39, 0.29) is 0 Å². The van der Waals surface area contributed by atoms with Crippen molar-refractivity contribution in [2.75, 3.05) is 11.9 Å². The summed E-state index contributed by atoms with van der Waals surface area (Å²) in [4.78, 5) is 0. The van der Waals surface area contributed by atoms with Crippen molar-refractivity contribution >= 4 is 28.9 Å². The Labute approximate surface area is 141 Å². The number of ether oxygens (including phenoxy) is 1. The molecule has 2 aromatic rings. The average molecular weight is 336 g/mol. The highest BCUT2D eigenvalue weighted by Gasteiger charge is 2.09. The maximum Gasteiger partial charge on any atom is 0.156 e. The number of halogens is 2. The Hall–Kier alpha value is -1.64. The zero-order valence-electron chi connectivity index (χ0n) is 12.5. The van der Waals surface area contributed by atoms with Crippen molar-refractivity contribution in [3.05, 3.63) is 70.2 Å². The van der Waals surface area contributed by atoms with E-state index >= 15 is 0 Å². The molecule has 0 radical (unpaired) electrons. The largest absolute Gasteiger partial charge is 0.486 e. The lowest BCUT2D eigenvalue weighted by atomic mass is 10.1. The molecule has 0 bridgehead atoms. The molecule has 0 unspecified atom stereocenters. The molecule has 4 heteroatoms. The average Bonchev–Trinajstić information content (AvgIpc) is 2.52. The first-order chi connectivity index (χ1) is 10.7. The highest BCUT2D eigenvalue weighted by Crippen LogP contribution is 2.34. The molecule has 0 heterocycles. The first-order valence-corrected chi connectivity index (χ1v) is 7.94. The van der Waals surface area contributed by atoms with Gasteiger partial charge in [0, 0.05) is 12.2 Å². The van der Waals surface area contributed by atoms with Gasteiger partial charge in [-0.05, 0) is 35.7 Å². The van der Waals surface area contributed by atoms with Crippen LogP contribution < -0.4 is 10.1 Å². The van der Waals surface area contributed by atoms with E-state index in [0.717, 1.165) is 17.7 Å². The van der Waals surface area contributed by atoms with Crippen LogP contribution in [0.4, 0.5) is 5.69 Å². The molecule has 22 heavy (non-hydrogen) atoms. The first kappa shape index (κ1) is 16.7. The van der Waals surface area contributed by atoms with E-state index in [1.165, 1.54) is 5.56 Å². The van der Waals surface area contributed by atoms with Crippen LogP contribution in [0.1, 0.15) is 18.1 Å². The SMILES string of the molecule is C=CCOc1c(Cl)cc(CNc2ccccc2CC)cc1Cl. The molecule has 1 N–H and O–H groups in total. The smallest absolute Gasteiger partial charge is 0.156 e. The van der Waals surface area contributed by atoms with Crippen molar-refractivity contribution < 1.29 is 4.74 Å². The van der Waals surface area contributed by atoms with E-state index in [1.54, 1.807) is 6.08 Å². The number of para-hydroxylation sites is 1. The van der Waals surface area contributed by atoms with E-state index < -0.39 is 0 Å². The van der Waals surface area contributed by atoms with Crippen LogP contribution in [0.5, 0.6) is 5.75 Å². The van der Waals surface area contributed by atoms with Gasteiger partial charge >= 0.3 is 0 Å². The molecular weight excluding hydrogens is 317 g/mol. The fourth-order valence-electron chi connectivity index (χ4n) is 2.19. The molecule has 116 valence electrons. The van der Waals surface area contributed by atoms with Gasteiger partial charge in [-0.1, -0.05) is 61.0 Å². The number of hydrogen-bond donors (Lipinski definition) is 1. The summed E-state index contributed by atoms with van der Waals surface area (Å²) in [6, 6.07) is 12.0. The van der Waals surface area contributed by atoms with Crippen LogP contribution in [0.25, 0.3) is 0 Å². The van der Waals surface area contributed by atoms with Crippen LogP contribution in [0.2, 0.25) is 10.0 Å². The Morgan fingerprint density at radius 3 is 2.50 bits per heavy atom. The Morgan fingerprint density at radius 1 is 1.18 bits per heavy atom. The number of rotatable bonds is 7. The molecular formula is C18H19Cl2NO. The third-order valence-electron chi connectivity index (χ3n) is 3.28. The van der Waals surface area contributed by atoms with Gasteiger partial charge in [-0.25, -0.2) is 0 Å². The van der Waals surface area contributed by atoms with Gasteiger partial charge in [-0.3, -0.25) is 0 Å². The number of anilines is 1. The van der Waals surface area contributed by atoms with Gasteiger partial charge < -0.3 is 10.1 Å². The van der Waals surface area contributed by atoms with Gasteiger partial charge in [0.1, 0.15) is 6.61 Å². The topological polar surface area (TPSA) is 21.3 Å². The summed E-state index contributed by atoms with van der Waals surface area (Å²) >= 11 is 12.5. The lowest BCUT2D eigenvalue weighted by molar-refractivity contribution is 0.363. The highest BCUT2D eigenvalue weighted by molar-refractivity contribution is 6.37. The van der Waals surface area contributed by atoms with Gasteiger partial charge in [0.15, 0.2) is 5.75 Å². The normalized spacial score (nSPS) is 10.3. The zero-order chi connectivity index (χ0) is 15.9. The minimum absolute atomic E-state index is 0.376. The monoisotopic (exact) mass is 335 g/mol. The summed E-state index contributed by atoms with van der Waals surface area (Å²) in [7, 11) is 0. The van der Waals surface area contributed by atoms with Crippen molar-refractivity contribution in [2.45, 2.75) is 19.9 Å². The second-order valence-corrected chi connectivity index (χ2v) is 5.67. The van der Waals surface area contributed by atoms with Gasteiger partial charge in [-0.15, -0.1) is 0 Å². The molecule has 2 nitrogen and oxygen atoms in total. The van der Waals surface area contributed by atoms with Crippen LogP contribution in [-0.4, -0.2) is 6.61 Å². The van der Waals surface area contributed by atoms with E-state index in [2.05, 4.69) is 31.0 Å². The third kappa shape index (κ3) is 4.19. The fraction of sp³-hybridized carbons (Fsp3) is 0.222. The quantitative estimate of drug-likeness (QED) is 0.652. The Bertz CT molecular complexity index is 632. The Balaban J connectivity index is 2.12. The number of benzene rings is 2. The van der Waals surface area contributed by atoms with Gasteiger partial charge in [0.05, 0.1) is 10.0 Å². The summed E-state index contributed by atoms with van der Waals surface area (Å²) in [6.07, 6.45) is 2.64. The van der Waals surface area contributed by atoms with Crippen LogP contribution in [-0.2, 0) is 13.0 Å². The predicted octanol–water partition coefficient (Wildman–Crippen LogP) is 5.73. The molecule has 0 fully saturated rings. The minimum atomic E-state index is 0.376. The molecule has 2 rings (SSSR count). The summed E-state index contributed by atoms with van der Waals surface area (Å²) in [5.41, 5.74) is 3.42. The van der Waals surface area contributed by atoms with Crippen molar-refractivity contribution in [1.82, 2.24) is 0 Å². The maximum atomic E-state index is 6.24. The second kappa shape index (κ2) is 8.11. The lowest BCUT2D eigenvalue weighted by Crippen LogP contribution is -2.03. The fourth-order valence-corrected chi connectivity index (χ4v) is 2.83. The molecule has 0 aliphatic heterocycles.